The summed E-state index contributed by atoms with van der Waals surface area (Å²) in [5.74, 6) is 0.741. The van der Waals surface area contributed by atoms with Crippen LogP contribution in [0.5, 0.6) is 0 Å². The van der Waals surface area contributed by atoms with Crippen LogP contribution in [0.4, 0.5) is 0 Å². The molecule has 0 aliphatic carbocycles. The molecule has 2 aliphatic heterocycles. The van der Waals surface area contributed by atoms with Gasteiger partial charge in [-0.2, -0.15) is 0 Å². The SMILES string of the molecule is CC(C)C(CO)NC(=O)C1CSC2(C)CCC(=O)N12. The van der Waals surface area contributed by atoms with Crippen molar-refractivity contribution in [1.82, 2.24) is 10.2 Å². The van der Waals surface area contributed by atoms with Gasteiger partial charge in [0.1, 0.15) is 6.04 Å². The van der Waals surface area contributed by atoms with Gasteiger partial charge in [-0.1, -0.05) is 13.8 Å². The van der Waals surface area contributed by atoms with E-state index in [9.17, 15) is 14.7 Å². The van der Waals surface area contributed by atoms with Crippen molar-refractivity contribution in [3.05, 3.63) is 0 Å². The maximum Gasteiger partial charge on any atom is 0.244 e. The van der Waals surface area contributed by atoms with Crippen LogP contribution in [0.2, 0.25) is 0 Å². The minimum atomic E-state index is -0.391. The van der Waals surface area contributed by atoms with E-state index >= 15 is 0 Å². The van der Waals surface area contributed by atoms with Crippen LogP contribution in [0.15, 0.2) is 0 Å². The number of amides is 2. The summed E-state index contributed by atoms with van der Waals surface area (Å²) in [7, 11) is 0. The topological polar surface area (TPSA) is 69.6 Å². The minimum absolute atomic E-state index is 0.0674. The number of rotatable bonds is 4. The summed E-state index contributed by atoms with van der Waals surface area (Å²) in [6.45, 7) is 5.86. The van der Waals surface area contributed by atoms with E-state index in [2.05, 4.69) is 5.32 Å². The Morgan fingerprint density at radius 2 is 2.32 bits per heavy atom. The fourth-order valence-corrected chi connectivity index (χ4v) is 4.15. The summed E-state index contributed by atoms with van der Waals surface area (Å²) < 4.78 is 0. The lowest BCUT2D eigenvalue weighted by Crippen LogP contribution is -2.53. The lowest BCUT2D eigenvalue weighted by molar-refractivity contribution is -0.138. The average Bonchev–Trinajstić information content (AvgIpc) is 2.83. The highest BCUT2D eigenvalue weighted by Crippen LogP contribution is 2.47. The number of aliphatic hydroxyl groups is 1. The van der Waals surface area contributed by atoms with Crippen LogP contribution in [0.3, 0.4) is 0 Å². The zero-order valence-electron chi connectivity index (χ0n) is 11.7. The predicted octanol–water partition coefficient (Wildman–Crippen LogP) is 0.573. The molecule has 5 nitrogen and oxygen atoms in total. The number of fused-ring (bicyclic) bond motifs is 1. The van der Waals surface area contributed by atoms with E-state index < -0.39 is 6.04 Å². The third-order valence-electron chi connectivity index (χ3n) is 4.08. The van der Waals surface area contributed by atoms with Gasteiger partial charge < -0.3 is 15.3 Å². The smallest absolute Gasteiger partial charge is 0.244 e. The van der Waals surface area contributed by atoms with Crippen molar-refractivity contribution in [3.63, 3.8) is 0 Å². The number of hydrogen-bond acceptors (Lipinski definition) is 4. The average molecular weight is 286 g/mol. The maximum atomic E-state index is 12.3. The van der Waals surface area contributed by atoms with E-state index in [1.807, 2.05) is 20.8 Å². The molecule has 0 bridgehead atoms. The Labute approximate surface area is 118 Å². The van der Waals surface area contributed by atoms with Crippen LogP contribution in [-0.2, 0) is 9.59 Å². The molecule has 0 saturated carbocycles. The first kappa shape index (κ1) is 14.7. The Bertz CT molecular complexity index is 388. The molecule has 2 aliphatic rings. The lowest BCUT2D eigenvalue weighted by atomic mass is 10.0. The summed E-state index contributed by atoms with van der Waals surface area (Å²) >= 11 is 1.68. The van der Waals surface area contributed by atoms with Gasteiger partial charge in [-0.3, -0.25) is 9.59 Å². The predicted molar refractivity (Wildman–Crippen MR) is 74.6 cm³/mol. The van der Waals surface area contributed by atoms with Crippen LogP contribution in [0.25, 0.3) is 0 Å². The molecule has 2 fully saturated rings. The monoisotopic (exact) mass is 286 g/mol. The molecular weight excluding hydrogens is 264 g/mol. The van der Waals surface area contributed by atoms with Gasteiger partial charge in [0.2, 0.25) is 11.8 Å². The minimum Gasteiger partial charge on any atom is -0.394 e. The molecule has 0 aromatic rings. The molecule has 6 heteroatoms. The van der Waals surface area contributed by atoms with Crippen molar-refractivity contribution >= 4 is 23.6 Å². The van der Waals surface area contributed by atoms with Crippen molar-refractivity contribution in [1.29, 1.82) is 0 Å². The zero-order valence-corrected chi connectivity index (χ0v) is 12.5. The summed E-state index contributed by atoms with van der Waals surface area (Å²) in [6, 6.07) is -0.639. The summed E-state index contributed by atoms with van der Waals surface area (Å²) in [6.07, 6.45) is 1.34. The van der Waals surface area contributed by atoms with Crippen LogP contribution >= 0.6 is 11.8 Å². The molecule has 3 unspecified atom stereocenters. The highest BCUT2D eigenvalue weighted by Gasteiger charge is 2.53. The standard InChI is InChI=1S/C13H22N2O3S/c1-8(2)9(6-16)14-12(18)10-7-19-13(3)5-4-11(17)15(10)13/h8-10,16H,4-7H2,1-3H3,(H,14,18). The molecule has 2 saturated heterocycles. The van der Waals surface area contributed by atoms with Crippen molar-refractivity contribution in [3.8, 4) is 0 Å². The van der Waals surface area contributed by atoms with Gasteiger partial charge in [0.15, 0.2) is 0 Å². The van der Waals surface area contributed by atoms with Crippen molar-refractivity contribution in [2.24, 2.45) is 5.92 Å². The van der Waals surface area contributed by atoms with E-state index in [1.54, 1.807) is 16.7 Å². The number of aliphatic hydroxyl groups excluding tert-OH is 1. The molecule has 19 heavy (non-hydrogen) atoms. The van der Waals surface area contributed by atoms with Gasteiger partial charge in [-0.05, 0) is 19.3 Å². The Hall–Kier alpha value is -0.750. The Morgan fingerprint density at radius 3 is 2.89 bits per heavy atom. The number of nitrogens with one attached hydrogen (secondary N) is 1. The normalized spacial score (nSPS) is 31.7. The van der Waals surface area contributed by atoms with Crippen molar-refractivity contribution < 1.29 is 14.7 Å². The molecule has 0 radical (unpaired) electrons. The van der Waals surface area contributed by atoms with E-state index in [1.165, 1.54) is 0 Å². The van der Waals surface area contributed by atoms with E-state index in [-0.39, 0.29) is 35.3 Å². The number of hydrogen-bond donors (Lipinski definition) is 2. The Balaban J connectivity index is 2.06. The van der Waals surface area contributed by atoms with Gasteiger partial charge in [-0.15, -0.1) is 11.8 Å². The fourth-order valence-electron chi connectivity index (χ4n) is 2.72. The van der Waals surface area contributed by atoms with Crippen molar-refractivity contribution in [2.75, 3.05) is 12.4 Å². The van der Waals surface area contributed by atoms with Gasteiger partial charge in [0.05, 0.1) is 17.5 Å². The van der Waals surface area contributed by atoms with Gasteiger partial charge in [0.25, 0.3) is 0 Å². The number of carbonyl (C=O) groups is 2. The van der Waals surface area contributed by atoms with E-state index in [0.717, 1.165) is 6.42 Å². The zero-order chi connectivity index (χ0) is 14.2. The van der Waals surface area contributed by atoms with E-state index in [0.29, 0.717) is 12.2 Å². The second-order valence-electron chi connectivity index (χ2n) is 5.81. The highest BCUT2D eigenvalue weighted by molar-refractivity contribution is 8.01. The lowest BCUT2D eigenvalue weighted by Gasteiger charge is -2.31. The first-order valence-electron chi connectivity index (χ1n) is 6.76. The second-order valence-corrected chi connectivity index (χ2v) is 7.31. The van der Waals surface area contributed by atoms with Crippen molar-refractivity contribution in [2.45, 2.75) is 50.6 Å². The molecule has 2 rings (SSSR count). The molecule has 2 amide bonds. The Kier molecular flexibility index (Phi) is 4.11. The summed E-state index contributed by atoms with van der Waals surface area (Å²) in [5.41, 5.74) is 0. The van der Waals surface area contributed by atoms with Crippen LogP contribution < -0.4 is 5.32 Å². The molecule has 2 heterocycles. The number of nitrogens with zero attached hydrogens (tertiary/aromatic N) is 1. The third kappa shape index (κ3) is 2.60. The van der Waals surface area contributed by atoms with Gasteiger partial charge in [0, 0.05) is 12.2 Å². The quantitative estimate of drug-likeness (QED) is 0.793. The largest absolute Gasteiger partial charge is 0.394 e. The molecule has 2 N–H and O–H groups in total. The third-order valence-corrected chi connectivity index (χ3v) is 5.58. The molecule has 3 atom stereocenters. The van der Waals surface area contributed by atoms with Crippen LogP contribution in [0, 0.1) is 5.92 Å². The number of carbonyl (C=O) groups excluding carboxylic acids is 2. The molecule has 0 aromatic carbocycles. The molecule has 0 aromatic heterocycles. The first-order valence-corrected chi connectivity index (χ1v) is 7.75. The maximum absolute atomic E-state index is 12.3. The fraction of sp³-hybridized carbons (Fsp3) is 0.846. The highest BCUT2D eigenvalue weighted by atomic mass is 32.2. The number of thioether (sulfide) groups is 1. The van der Waals surface area contributed by atoms with Crippen LogP contribution in [0.1, 0.15) is 33.6 Å². The Morgan fingerprint density at radius 1 is 1.63 bits per heavy atom. The van der Waals surface area contributed by atoms with Gasteiger partial charge >= 0.3 is 0 Å². The molecular formula is C13H22N2O3S. The second kappa shape index (κ2) is 5.32. The summed E-state index contributed by atoms with van der Waals surface area (Å²) in [5, 5.41) is 12.1. The summed E-state index contributed by atoms with van der Waals surface area (Å²) in [4.78, 5) is 25.8. The first-order chi connectivity index (χ1) is 8.89. The molecule has 108 valence electrons. The van der Waals surface area contributed by atoms with E-state index in [4.69, 9.17) is 0 Å². The van der Waals surface area contributed by atoms with Crippen LogP contribution in [-0.4, -0.2) is 51.1 Å². The van der Waals surface area contributed by atoms with Gasteiger partial charge in [-0.25, -0.2) is 0 Å². The molecule has 0 spiro atoms.